The number of hydrogen-bond acceptors (Lipinski definition) is 6. The Morgan fingerprint density at radius 2 is 2.06 bits per heavy atom. The van der Waals surface area contributed by atoms with E-state index in [1.54, 1.807) is 11.3 Å². The largest absolute Gasteiger partial charge is 0.480 e. The highest BCUT2D eigenvalue weighted by Gasteiger charge is 2.33. The molecule has 0 bridgehead atoms. The van der Waals surface area contributed by atoms with Gasteiger partial charge in [-0.15, -0.1) is 11.3 Å². The standard InChI is InChI=1S/C23H19N3O3S2/c24-13-17-16(15-6-2-1-3-7-15)12-18(20-9-5-11-30-20)25-22(17)31-14-21(27)26-10-4-8-19(26)23(28)29/h1-3,5-7,9,11-12,19H,4,8,10,14H2,(H,28,29)/t19-/m0/s1. The van der Waals surface area contributed by atoms with Crippen LogP contribution in [0.15, 0.2) is 58.9 Å². The van der Waals surface area contributed by atoms with E-state index in [1.165, 1.54) is 16.7 Å². The van der Waals surface area contributed by atoms with E-state index >= 15 is 0 Å². The van der Waals surface area contributed by atoms with Gasteiger partial charge in [0.25, 0.3) is 0 Å². The molecule has 1 aliphatic rings. The predicted molar refractivity (Wildman–Crippen MR) is 121 cm³/mol. The van der Waals surface area contributed by atoms with Crippen LogP contribution in [-0.4, -0.2) is 45.2 Å². The Labute approximate surface area is 188 Å². The van der Waals surface area contributed by atoms with Gasteiger partial charge < -0.3 is 10.0 Å². The van der Waals surface area contributed by atoms with Crippen molar-refractivity contribution in [1.82, 2.24) is 9.88 Å². The van der Waals surface area contributed by atoms with Gasteiger partial charge in [0.1, 0.15) is 17.1 Å². The van der Waals surface area contributed by atoms with E-state index in [0.29, 0.717) is 30.0 Å². The Balaban J connectivity index is 1.68. The number of hydrogen-bond donors (Lipinski definition) is 1. The van der Waals surface area contributed by atoms with Crippen molar-refractivity contribution in [3.8, 4) is 27.8 Å². The molecule has 0 spiro atoms. The monoisotopic (exact) mass is 449 g/mol. The van der Waals surface area contributed by atoms with Crippen molar-refractivity contribution in [2.45, 2.75) is 23.9 Å². The molecule has 4 rings (SSSR count). The second kappa shape index (κ2) is 9.33. The molecule has 156 valence electrons. The molecule has 3 aromatic rings. The predicted octanol–water partition coefficient (Wildman–Crippen LogP) is 4.52. The third-order valence-corrected chi connectivity index (χ3v) is 7.00. The lowest BCUT2D eigenvalue weighted by Crippen LogP contribution is -2.41. The maximum absolute atomic E-state index is 12.7. The highest BCUT2D eigenvalue weighted by atomic mass is 32.2. The highest BCUT2D eigenvalue weighted by Crippen LogP contribution is 2.35. The van der Waals surface area contributed by atoms with Crippen molar-refractivity contribution in [2.75, 3.05) is 12.3 Å². The summed E-state index contributed by atoms with van der Waals surface area (Å²) in [7, 11) is 0. The first kappa shape index (κ1) is 21.1. The summed E-state index contributed by atoms with van der Waals surface area (Å²) in [6.07, 6.45) is 1.15. The van der Waals surface area contributed by atoms with Gasteiger partial charge in [-0.25, -0.2) is 9.78 Å². The van der Waals surface area contributed by atoms with Gasteiger partial charge in [0, 0.05) is 12.1 Å². The minimum Gasteiger partial charge on any atom is -0.480 e. The molecule has 1 fully saturated rings. The van der Waals surface area contributed by atoms with E-state index in [-0.39, 0.29) is 11.7 Å². The molecular weight excluding hydrogens is 430 g/mol. The van der Waals surface area contributed by atoms with Crippen LogP contribution >= 0.6 is 23.1 Å². The highest BCUT2D eigenvalue weighted by molar-refractivity contribution is 8.00. The first-order valence-corrected chi connectivity index (χ1v) is 11.6. The van der Waals surface area contributed by atoms with Crippen LogP contribution in [0, 0.1) is 11.3 Å². The van der Waals surface area contributed by atoms with Gasteiger partial charge in [-0.2, -0.15) is 5.26 Å². The smallest absolute Gasteiger partial charge is 0.326 e. The summed E-state index contributed by atoms with van der Waals surface area (Å²) in [6, 6.07) is 16.9. The number of aromatic nitrogens is 1. The number of nitriles is 1. The second-order valence-corrected chi connectivity index (χ2v) is 8.97. The number of carbonyl (C=O) groups is 2. The van der Waals surface area contributed by atoms with Crippen molar-refractivity contribution >= 4 is 35.0 Å². The molecule has 8 heteroatoms. The van der Waals surface area contributed by atoms with Crippen LogP contribution in [0.1, 0.15) is 18.4 Å². The molecule has 0 radical (unpaired) electrons. The van der Waals surface area contributed by atoms with Crippen molar-refractivity contribution in [2.24, 2.45) is 0 Å². The van der Waals surface area contributed by atoms with E-state index in [1.807, 2.05) is 53.9 Å². The summed E-state index contributed by atoms with van der Waals surface area (Å²) in [4.78, 5) is 31.2. The van der Waals surface area contributed by atoms with Crippen LogP contribution in [0.2, 0.25) is 0 Å². The average Bonchev–Trinajstić information content (AvgIpc) is 3.50. The zero-order valence-electron chi connectivity index (χ0n) is 16.5. The molecule has 3 heterocycles. The van der Waals surface area contributed by atoms with Crippen LogP contribution in [0.3, 0.4) is 0 Å². The molecule has 1 amide bonds. The lowest BCUT2D eigenvalue weighted by Gasteiger charge is -2.21. The molecule has 2 aromatic heterocycles. The van der Waals surface area contributed by atoms with Crippen LogP contribution in [-0.2, 0) is 9.59 Å². The summed E-state index contributed by atoms with van der Waals surface area (Å²) in [6.45, 7) is 0.444. The lowest BCUT2D eigenvalue weighted by molar-refractivity contribution is -0.147. The fraction of sp³-hybridized carbons (Fsp3) is 0.217. The number of aliphatic carboxylic acids is 1. The Hall–Kier alpha value is -3.15. The molecule has 0 aliphatic carbocycles. The van der Waals surface area contributed by atoms with Crippen molar-refractivity contribution in [1.29, 1.82) is 5.26 Å². The van der Waals surface area contributed by atoms with Gasteiger partial charge in [0.15, 0.2) is 0 Å². The van der Waals surface area contributed by atoms with E-state index in [9.17, 15) is 20.0 Å². The minimum absolute atomic E-state index is 0.0353. The molecule has 0 saturated carbocycles. The molecule has 1 N–H and O–H groups in total. The Morgan fingerprint density at radius 3 is 2.74 bits per heavy atom. The zero-order chi connectivity index (χ0) is 21.8. The fourth-order valence-electron chi connectivity index (χ4n) is 3.67. The quantitative estimate of drug-likeness (QED) is 0.556. The molecule has 1 aliphatic heterocycles. The van der Waals surface area contributed by atoms with Crippen molar-refractivity contribution in [3.63, 3.8) is 0 Å². The van der Waals surface area contributed by atoms with Gasteiger partial charge in [-0.1, -0.05) is 48.2 Å². The maximum Gasteiger partial charge on any atom is 0.326 e. The molecule has 1 aromatic carbocycles. The van der Waals surface area contributed by atoms with Crippen LogP contribution in [0.5, 0.6) is 0 Å². The summed E-state index contributed by atoms with van der Waals surface area (Å²) in [5.41, 5.74) is 2.83. The summed E-state index contributed by atoms with van der Waals surface area (Å²) in [5, 5.41) is 21.7. The third-order valence-electron chi connectivity index (χ3n) is 5.15. The SMILES string of the molecule is N#Cc1c(-c2ccccc2)cc(-c2cccs2)nc1SCC(=O)N1CCC[C@H]1C(=O)O. The van der Waals surface area contributed by atoms with Gasteiger partial charge in [0.05, 0.1) is 21.9 Å². The summed E-state index contributed by atoms with van der Waals surface area (Å²) >= 11 is 2.74. The van der Waals surface area contributed by atoms with Gasteiger partial charge >= 0.3 is 5.97 Å². The number of pyridine rings is 1. The third kappa shape index (κ3) is 4.48. The average molecular weight is 450 g/mol. The van der Waals surface area contributed by atoms with E-state index < -0.39 is 12.0 Å². The molecule has 1 saturated heterocycles. The number of amides is 1. The zero-order valence-corrected chi connectivity index (χ0v) is 18.2. The number of thioether (sulfide) groups is 1. The molecular formula is C23H19N3O3S2. The number of likely N-dealkylation sites (tertiary alicyclic amines) is 1. The number of nitrogens with zero attached hydrogens (tertiary/aromatic N) is 3. The molecule has 0 unspecified atom stereocenters. The number of carboxylic acids is 1. The number of thiophene rings is 1. The normalized spacial score (nSPS) is 15.6. The van der Waals surface area contributed by atoms with Crippen molar-refractivity contribution in [3.05, 3.63) is 59.5 Å². The number of carbonyl (C=O) groups excluding carboxylic acids is 1. The Bertz CT molecular complexity index is 1140. The van der Waals surface area contributed by atoms with E-state index in [2.05, 4.69) is 11.1 Å². The number of carboxylic acid groups (broad SMARTS) is 1. The van der Waals surface area contributed by atoms with E-state index in [0.717, 1.165) is 21.7 Å². The van der Waals surface area contributed by atoms with Crippen LogP contribution in [0.25, 0.3) is 21.7 Å². The van der Waals surface area contributed by atoms with E-state index in [4.69, 9.17) is 0 Å². The topological polar surface area (TPSA) is 94.3 Å². The van der Waals surface area contributed by atoms with Crippen molar-refractivity contribution < 1.29 is 14.7 Å². The van der Waals surface area contributed by atoms with Gasteiger partial charge in [-0.05, 0) is 35.9 Å². The lowest BCUT2D eigenvalue weighted by atomic mass is 10.0. The maximum atomic E-state index is 12.7. The summed E-state index contributed by atoms with van der Waals surface area (Å²) < 4.78 is 0. The second-order valence-electron chi connectivity index (χ2n) is 7.06. The molecule has 1 atom stereocenters. The minimum atomic E-state index is -0.974. The number of rotatable bonds is 6. The molecule has 6 nitrogen and oxygen atoms in total. The summed E-state index contributed by atoms with van der Waals surface area (Å²) in [5.74, 6) is -1.19. The first-order valence-electron chi connectivity index (χ1n) is 9.78. The fourth-order valence-corrected chi connectivity index (χ4v) is 5.24. The van der Waals surface area contributed by atoms with Crippen LogP contribution < -0.4 is 0 Å². The molecule has 31 heavy (non-hydrogen) atoms. The van der Waals surface area contributed by atoms with Crippen LogP contribution in [0.4, 0.5) is 0 Å². The Morgan fingerprint density at radius 1 is 1.26 bits per heavy atom. The number of benzene rings is 1. The van der Waals surface area contributed by atoms with Gasteiger partial charge in [0.2, 0.25) is 5.91 Å². The Kier molecular flexibility index (Phi) is 6.35. The first-order chi connectivity index (χ1) is 15.1. The van der Waals surface area contributed by atoms with Gasteiger partial charge in [-0.3, -0.25) is 4.79 Å².